The van der Waals surface area contributed by atoms with Gasteiger partial charge in [-0.15, -0.1) is 0 Å². The van der Waals surface area contributed by atoms with E-state index in [1.54, 1.807) is 38.2 Å². The number of hydrogen-bond acceptors (Lipinski definition) is 5. The van der Waals surface area contributed by atoms with Crippen LogP contribution in [-0.2, 0) is 16.6 Å². The first-order chi connectivity index (χ1) is 16.7. The van der Waals surface area contributed by atoms with E-state index >= 15 is 0 Å². The Hall–Kier alpha value is -3.24. The van der Waals surface area contributed by atoms with Crippen LogP contribution in [0.15, 0.2) is 66.0 Å². The highest BCUT2D eigenvalue weighted by atomic mass is 32.2. The molecule has 1 aliphatic rings. The predicted molar refractivity (Wildman–Crippen MR) is 134 cm³/mol. The molecule has 2 aromatic heterocycles. The number of rotatable bonds is 6. The monoisotopic (exact) mass is 496 g/mol. The van der Waals surface area contributed by atoms with E-state index in [0.717, 1.165) is 28.7 Å². The van der Waals surface area contributed by atoms with Gasteiger partial charge in [0.2, 0.25) is 10.0 Å². The van der Waals surface area contributed by atoms with Gasteiger partial charge in [-0.1, -0.05) is 6.92 Å². The smallest absolute Gasteiger partial charge is 0.246 e. The van der Waals surface area contributed by atoms with Crippen LogP contribution in [0.3, 0.4) is 0 Å². The lowest BCUT2D eigenvalue weighted by Gasteiger charge is -2.46. The third kappa shape index (κ3) is 4.32. The van der Waals surface area contributed by atoms with Crippen molar-refractivity contribution in [2.24, 2.45) is 0 Å². The van der Waals surface area contributed by atoms with Gasteiger partial charge < -0.3 is 4.90 Å². The Morgan fingerprint density at radius 3 is 2.46 bits per heavy atom. The lowest BCUT2D eigenvalue weighted by Crippen LogP contribution is -2.61. The lowest BCUT2D eigenvalue weighted by atomic mass is 10.0. The van der Waals surface area contributed by atoms with Gasteiger partial charge in [-0.2, -0.15) is 14.5 Å². The number of fused-ring (bicyclic) bond motifs is 1. The minimum atomic E-state index is -3.65. The summed E-state index contributed by atoms with van der Waals surface area (Å²) in [6, 6.07) is 12.3. The van der Waals surface area contributed by atoms with Crippen LogP contribution in [0.2, 0.25) is 0 Å². The highest BCUT2D eigenvalue weighted by Crippen LogP contribution is 2.32. The molecule has 1 aliphatic heterocycles. The van der Waals surface area contributed by atoms with Crippen LogP contribution < -0.4 is 4.90 Å². The highest BCUT2D eigenvalue weighted by Gasteiger charge is 2.42. The fourth-order valence-electron chi connectivity index (χ4n) is 4.77. The molecule has 4 aromatic rings. The Morgan fingerprint density at radius 1 is 1.00 bits per heavy atom. The van der Waals surface area contributed by atoms with Crippen molar-refractivity contribution in [2.45, 2.75) is 44.2 Å². The van der Waals surface area contributed by atoms with Crippen LogP contribution in [0, 0.1) is 5.82 Å². The van der Waals surface area contributed by atoms with E-state index in [1.807, 2.05) is 32.9 Å². The molecule has 0 amide bonds. The van der Waals surface area contributed by atoms with Gasteiger partial charge >= 0.3 is 0 Å². The molecular weight excluding hydrogens is 467 g/mol. The molecule has 0 bridgehead atoms. The van der Waals surface area contributed by atoms with Crippen molar-refractivity contribution in [3.05, 3.63) is 66.9 Å². The number of aryl methyl sites for hydroxylation is 1. The van der Waals surface area contributed by atoms with Gasteiger partial charge in [0.05, 0.1) is 23.6 Å². The summed E-state index contributed by atoms with van der Waals surface area (Å²) in [5, 5.41) is 9.65. The lowest BCUT2D eigenvalue weighted by molar-refractivity contribution is 0.205. The molecule has 0 radical (unpaired) electrons. The second-order valence-electron chi connectivity index (χ2n) is 9.53. The zero-order chi connectivity index (χ0) is 24.8. The van der Waals surface area contributed by atoms with Crippen LogP contribution in [-0.4, -0.2) is 57.5 Å². The summed E-state index contributed by atoms with van der Waals surface area (Å²) in [7, 11) is -3.65. The van der Waals surface area contributed by atoms with Crippen LogP contribution in [0.25, 0.3) is 16.6 Å². The van der Waals surface area contributed by atoms with Crippen molar-refractivity contribution in [3.63, 3.8) is 0 Å². The number of anilines is 1. The number of hydrogen-bond donors (Lipinski definition) is 0. The van der Waals surface area contributed by atoms with E-state index in [4.69, 9.17) is 0 Å². The molecule has 10 heteroatoms. The SMILES string of the molecule is CCCn1cc(S(=O)(=O)N2CCN(c3ccc4c(cnn4-c4ccc(F)cc4)c3)CC2(C)C)cn1. The van der Waals surface area contributed by atoms with E-state index in [-0.39, 0.29) is 10.7 Å². The summed E-state index contributed by atoms with van der Waals surface area (Å²) in [6.45, 7) is 8.13. The summed E-state index contributed by atoms with van der Waals surface area (Å²) >= 11 is 0. The van der Waals surface area contributed by atoms with Gasteiger partial charge in [0.25, 0.3) is 0 Å². The largest absolute Gasteiger partial charge is 0.368 e. The van der Waals surface area contributed by atoms with E-state index in [9.17, 15) is 12.8 Å². The molecule has 0 unspecified atom stereocenters. The number of nitrogens with zero attached hydrogens (tertiary/aromatic N) is 6. The first-order valence-electron chi connectivity index (χ1n) is 11.7. The first-order valence-corrected chi connectivity index (χ1v) is 13.2. The summed E-state index contributed by atoms with van der Waals surface area (Å²) in [4.78, 5) is 2.45. The molecule has 1 fully saturated rings. The number of halogens is 1. The standard InChI is InChI=1S/C25H29FN6O2S/c1-4-11-30-17-23(16-27-30)35(33,34)31-13-12-29(18-25(31,2)3)22-9-10-24-19(14-22)15-28-32(24)21-7-5-20(26)6-8-21/h5-10,14-17H,4,11-13,18H2,1-3H3. The number of piperazine rings is 1. The van der Waals surface area contributed by atoms with Crippen molar-refractivity contribution in [1.82, 2.24) is 23.9 Å². The molecule has 2 aromatic carbocycles. The molecule has 3 heterocycles. The Bertz CT molecular complexity index is 1460. The predicted octanol–water partition coefficient (Wildman–Crippen LogP) is 4.06. The average molecular weight is 497 g/mol. The van der Waals surface area contributed by atoms with Crippen molar-refractivity contribution in [2.75, 3.05) is 24.5 Å². The molecule has 0 spiro atoms. The molecule has 0 saturated carbocycles. The van der Waals surface area contributed by atoms with Crippen LogP contribution in [0.5, 0.6) is 0 Å². The van der Waals surface area contributed by atoms with Crippen molar-refractivity contribution in [3.8, 4) is 5.69 Å². The minimum absolute atomic E-state index is 0.238. The summed E-state index contributed by atoms with van der Waals surface area (Å²) in [6.07, 6.45) is 5.74. The van der Waals surface area contributed by atoms with Gasteiger partial charge in [0, 0.05) is 49.0 Å². The number of benzene rings is 2. The highest BCUT2D eigenvalue weighted by molar-refractivity contribution is 7.89. The fraction of sp³-hybridized carbons (Fsp3) is 0.360. The van der Waals surface area contributed by atoms with Crippen LogP contribution in [0.4, 0.5) is 10.1 Å². The van der Waals surface area contributed by atoms with E-state index < -0.39 is 15.6 Å². The molecule has 1 saturated heterocycles. The van der Waals surface area contributed by atoms with Gasteiger partial charge in [-0.3, -0.25) is 4.68 Å². The molecule has 0 atom stereocenters. The molecule has 8 nitrogen and oxygen atoms in total. The summed E-state index contributed by atoms with van der Waals surface area (Å²) < 4.78 is 45.2. The number of aromatic nitrogens is 4. The fourth-order valence-corrected chi connectivity index (χ4v) is 6.49. The van der Waals surface area contributed by atoms with Gasteiger partial charge in [-0.05, 0) is 62.7 Å². The zero-order valence-corrected chi connectivity index (χ0v) is 20.9. The molecule has 184 valence electrons. The second kappa shape index (κ2) is 8.76. The normalized spacial score (nSPS) is 16.7. The second-order valence-corrected chi connectivity index (χ2v) is 11.4. The maximum atomic E-state index is 13.4. The number of sulfonamides is 1. The maximum absolute atomic E-state index is 13.4. The quantitative estimate of drug-likeness (QED) is 0.402. The third-order valence-electron chi connectivity index (χ3n) is 6.46. The zero-order valence-electron chi connectivity index (χ0n) is 20.1. The third-order valence-corrected chi connectivity index (χ3v) is 8.53. The molecule has 5 rings (SSSR count). The van der Waals surface area contributed by atoms with Gasteiger partial charge in [0.1, 0.15) is 10.7 Å². The van der Waals surface area contributed by atoms with Crippen molar-refractivity contribution in [1.29, 1.82) is 0 Å². The first kappa shape index (κ1) is 23.5. The molecular formula is C25H29FN6O2S. The Balaban J connectivity index is 1.38. The van der Waals surface area contributed by atoms with Crippen molar-refractivity contribution >= 4 is 26.6 Å². The van der Waals surface area contributed by atoms with Crippen molar-refractivity contribution < 1.29 is 12.8 Å². The summed E-state index contributed by atoms with van der Waals surface area (Å²) in [5.41, 5.74) is 2.11. The Kier molecular flexibility index (Phi) is 5.88. The summed E-state index contributed by atoms with van der Waals surface area (Å²) in [5.74, 6) is -0.286. The van der Waals surface area contributed by atoms with Gasteiger partial charge in [0.15, 0.2) is 0 Å². The van der Waals surface area contributed by atoms with Gasteiger partial charge in [-0.25, -0.2) is 17.5 Å². The van der Waals surface area contributed by atoms with E-state index in [0.29, 0.717) is 26.2 Å². The molecule has 0 N–H and O–H groups in total. The Labute approximate surface area is 204 Å². The minimum Gasteiger partial charge on any atom is -0.368 e. The van der Waals surface area contributed by atoms with Crippen LogP contribution >= 0.6 is 0 Å². The maximum Gasteiger partial charge on any atom is 0.246 e. The average Bonchev–Trinajstić information content (AvgIpc) is 3.46. The topological polar surface area (TPSA) is 76.3 Å². The molecule has 35 heavy (non-hydrogen) atoms. The van der Waals surface area contributed by atoms with E-state index in [1.165, 1.54) is 18.3 Å². The van der Waals surface area contributed by atoms with E-state index in [2.05, 4.69) is 21.2 Å². The van der Waals surface area contributed by atoms with Crippen LogP contribution in [0.1, 0.15) is 27.2 Å². The Morgan fingerprint density at radius 2 is 1.74 bits per heavy atom. The molecule has 0 aliphatic carbocycles.